The first kappa shape index (κ1) is 21.6. The van der Waals surface area contributed by atoms with E-state index in [1.54, 1.807) is 26.7 Å². The molecule has 1 atom stereocenters. The maximum absolute atomic E-state index is 13.2. The predicted octanol–water partition coefficient (Wildman–Crippen LogP) is 5.06. The molecule has 0 unspecified atom stereocenters. The Labute approximate surface area is 181 Å². The van der Waals surface area contributed by atoms with Gasteiger partial charge in [0.15, 0.2) is 11.5 Å². The van der Waals surface area contributed by atoms with Crippen LogP contribution in [0.25, 0.3) is 10.6 Å². The van der Waals surface area contributed by atoms with Gasteiger partial charge in [-0.3, -0.25) is 4.79 Å². The van der Waals surface area contributed by atoms with Gasteiger partial charge in [-0.1, -0.05) is 12.1 Å². The molecule has 2 aromatic carbocycles. The number of hydrogen-bond donors (Lipinski definition) is 0. The van der Waals surface area contributed by atoms with Crippen molar-refractivity contribution in [3.05, 3.63) is 59.1 Å². The number of rotatable bonds is 8. The fourth-order valence-corrected chi connectivity index (χ4v) is 4.09. The van der Waals surface area contributed by atoms with Gasteiger partial charge >= 0.3 is 0 Å². The first-order valence-electron chi connectivity index (χ1n) is 9.65. The molecule has 0 bridgehead atoms. The van der Waals surface area contributed by atoms with Gasteiger partial charge in [-0.05, 0) is 49.7 Å². The summed E-state index contributed by atoms with van der Waals surface area (Å²) in [5.41, 5.74) is 2.32. The summed E-state index contributed by atoms with van der Waals surface area (Å²) in [5, 5.41) is 2.55. The number of aromatic nitrogens is 1. The van der Waals surface area contributed by atoms with Crippen LogP contribution in [0.3, 0.4) is 0 Å². The zero-order valence-electron chi connectivity index (χ0n) is 17.8. The minimum atomic E-state index is -0.108. The van der Waals surface area contributed by atoms with E-state index in [-0.39, 0.29) is 11.9 Å². The summed E-state index contributed by atoms with van der Waals surface area (Å²) in [7, 11) is 4.83. The molecular weight excluding hydrogens is 400 g/mol. The topological polar surface area (TPSA) is 60.9 Å². The highest BCUT2D eigenvalue weighted by molar-refractivity contribution is 7.13. The zero-order valence-corrected chi connectivity index (χ0v) is 18.7. The highest BCUT2D eigenvalue weighted by Crippen LogP contribution is 2.34. The highest BCUT2D eigenvalue weighted by atomic mass is 32.1. The molecule has 6 nitrogen and oxygen atoms in total. The summed E-state index contributed by atoms with van der Waals surface area (Å²) in [6.45, 7) is 4.55. The smallest absolute Gasteiger partial charge is 0.273 e. The van der Waals surface area contributed by atoms with Gasteiger partial charge in [0, 0.05) is 17.5 Å². The van der Waals surface area contributed by atoms with Crippen LogP contribution in [-0.2, 0) is 0 Å². The molecule has 0 radical (unpaired) electrons. The summed E-state index contributed by atoms with van der Waals surface area (Å²) in [4.78, 5) is 19.6. The molecule has 3 aromatic rings. The Morgan fingerprint density at radius 2 is 1.83 bits per heavy atom. The number of methoxy groups -OCH3 is 3. The molecule has 0 aliphatic rings. The van der Waals surface area contributed by atoms with Crippen LogP contribution < -0.4 is 14.2 Å². The number of ether oxygens (including phenoxy) is 3. The molecule has 7 heteroatoms. The zero-order chi connectivity index (χ0) is 21.7. The lowest BCUT2D eigenvalue weighted by molar-refractivity contribution is 0.0697. The minimum Gasteiger partial charge on any atom is -0.497 e. The van der Waals surface area contributed by atoms with Crippen molar-refractivity contribution in [2.75, 3.05) is 27.9 Å². The molecule has 1 heterocycles. The van der Waals surface area contributed by atoms with Gasteiger partial charge in [0.25, 0.3) is 5.91 Å². The van der Waals surface area contributed by atoms with Crippen molar-refractivity contribution in [2.45, 2.75) is 19.9 Å². The first-order valence-corrected chi connectivity index (χ1v) is 10.5. The van der Waals surface area contributed by atoms with Gasteiger partial charge in [-0.2, -0.15) is 0 Å². The highest BCUT2D eigenvalue weighted by Gasteiger charge is 2.24. The van der Waals surface area contributed by atoms with Gasteiger partial charge in [0.05, 0.1) is 27.4 Å². The van der Waals surface area contributed by atoms with Crippen molar-refractivity contribution in [1.82, 2.24) is 9.88 Å². The summed E-state index contributed by atoms with van der Waals surface area (Å²) in [6.07, 6.45) is 0. The SMILES string of the molecule is CCN(C(=O)c1csc(-c2ccc(OC)c(OC)c2)n1)[C@H](C)c1cccc(OC)c1. The molecule has 0 saturated heterocycles. The molecule has 158 valence electrons. The number of amides is 1. The molecule has 30 heavy (non-hydrogen) atoms. The summed E-state index contributed by atoms with van der Waals surface area (Å²) < 4.78 is 16.0. The largest absolute Gasteiger partial charge is 0.497 e. The predicted molar refractivity (Wildman–Crippen MR) is 119 cm³/mol. The van der Waals surface area contributed by atoms with Crippen LogP contribution in [0.4, 0.5) is 0 Å². The quantitative estimate of drug-likeness (QED) is 0.504. The molecule has 0 spiro atoms. The third-order valence-electron chi connectivity index (χ3n) is 5.00. The Morgan fingerprint density at radius 1 is 1.07 bits per heavy atom. The van der Waals surface area contributed by atoms with Crippen LogP contribution in [0, 0.1) is 0 Å². The Kier molecular flexibility index (Phi) is 6.95. The van der Waals surface area contributed by atoms with Gasteiger partial charge < -0.3 is 19.1 Å². The molecular formula is C23H26N2O4S. The van der Waals surface area contributed by atoms with Gasteiger partial charge in [-0.15, -0.1) is 11.3 Å². The van der Waals surface area contributed by atoms with Crippen molar-refractivity contribution in [2.24, 2.45) is 0 Å². The van der Waals surface area contributed by atoms with Crippen LogP contribution >= 0.6 is 11.3 Å². The van der Waals surface area contributed by atoms with E-state index in [9.17, 15) is 4.79 Å². The number of carbonyl (C=O) groups is 1. The number of carbonyl (C=O) groups excluding carboxylic acids is 1. The van der Waals surface area contributed by atoms with Gasteiger partial charge in [-0.25, -0.2) is 4.98 Å². The van der Waals surface area contributed by atoms with Crippen LogP contribution in [0.15, 0.2) is 47.8 Å². The van der Waals surface area contributed by atoms with E-state index in [4.69, 9.17) is 14.2 Å². The summed E-state index contributed by atoms with van der Waals surface area (Å²) in [6, 6.07) is 13.3. The Morgan fingerprint density at radius 3 is 2.50 bits per heavy atom. The fraction of sp³-hybridized carbons (Fsp3) is 0.304. The van der Waals surface area contributed by atoms with Crippen molar-refractivity contribution >= 4 is 17.2 Å². The lowest BCUT2D eigenvalue weighted by Gasteiger charge is -2.28. The number of hydrogen-bond acceptors (Lipinski definition) is 6. The van der Waals surface area contributed by atoms with E-state index in [1.807, 2.05) is 61.2 Å². The first-order chi connectivity index (χ1) is 14.5. The Hall–Kier alpha value is -3.06. The van der Waals surface area contributed by atoms with Crippen molar-refractivity contribution < 1.29 is 19.0 Å². The van der Waals surface area contributed by atoms with Crippen molar-refractivity contribution in [3.63, 3.8) is 0 Å². The monoisotopic (exact) mass is 426 g/mol. The van der Waals surface area contributed by atoms with E-state index in [0.717, 1.165) is 21.9 Å². The average Bonchev–Trinajstić information content (AvgIpc) is 3.29. The third-order valence-corrected chi connectivity index (χ3v) is 5.89. The van der Waals surface area contributed by atoms with Crippen LogP contribution in [0.2, 0.25) is 0 Å². The summed E-state index contributed by atoms with van der Waals surface area (Å²) in [5.74, 6) is 1.95. The lowest BCUT2D eigenvalue weighted by atomic mass is 10.1. The van der Waals surface area contributed by atoms with E-state index >= 15 is 0 Å². The standard InChI is InChI=1S/C23H26N2O4S/c1-6-25(15(2)16-8-7-9-18(12-16)27-3)23(26)19-14-30-22(24-19)17-10-11-20(28-4)21(13-17)29-5/h7-15H,6H2,1-5H3/t15-/m1/s1. The van der Waals surface area contributed by atoms with E-state index in [0.29, 0.717) is 23.7 Å². The lowest BCUT2D eigenvalue weighted by Crippen LogP contribution is -2.33. The summed E-state index contributed by atoms with van der Waals surface area (Å²) >= 11 is 1.43. The fourth-order valence-electron chi connectivity index (χ4n) is 3.30. The van der Waals surface area contributed by atoms with Gasteiger partial charge in [0.2, 0.25) is 0 Å². The Balaban J connectivity index is 1.85. The van der Waals surface area contributed by atoms with E-state index in [1.165, 1.54) is 11.3 Å². The van der Waals surface area contributed by atoms with Crippen LogP contribution in [0.1, 0.15) is 35.9 Å². The van der Waals surface area contributed by atoms with Crippen molar-refractivity contribution in [1.29, 1.82) is 0 Å². The number of nitrogens with zero attached hydrogens (tertiary/aromatic N) is 2. The molecule has 0 saturated carbocycles. The van der Waals surface area contributed by atoms with E-state index < -0.39 is 0 Å². The molecule has 0 aliphatic carbocycles. The maximum atomic E-state index is 13.2. The van der Waals surface area contributed by atoms with Gasteiger partial charge in [0.1, 0.15) is 16.5 Å². The Bertz CT molecular complexity index is 1020. The molecule has 0 N–H and O–H groups in total. The minimum absolute atomic E-state index is 0.101. The van der Waals surface area contributed by atoms with Crippen LogP contribution in [-0.4, -0.2) is 43.7 Å². The average molecular weight is 427 g/mol. The molecule has 0 aliphatic heterocycles. The second-order valence-electron chi connectivity index (χ2n) is 6.65. The number of thiazole rings is 1. The molecule has 1 amide bonds. The maximum Gasteiger partial charge on any atom is 0.273 e. The molecule has 3 rings (SSSR count). The molecule has 1 aromatic heterocycles. The van der Waals surface area contributed by atoms with E-state index in [2.05, 4.69) is 4.98 Å². The second kappa shape index (κ2) is 9.63. The van der Waals surface area contributed by atoms with Crippen molar-refractivity contribution in [3.8, 4) is 27.8 Å². The van der Waals surface area contributed by atoms with Crippen LogP contribution in [0.5, 0.6) is 17.2 Å². The second-order valence-corrected chi connectivity index (χ2v) is 7.51. The molecule has 0 fully saturated rings. The number of benzene rings is 2. The normalized spacial score (nSPS) is 11.6. The third kappa shape index (κ3) is 4.41.